The number of nitrogens with zero attached hydrogens (tertiary/aromatic N) is 3. The van der Waals surface area contributed by atoms with Gasteiger partial charge >= 0.3 is 0 Å². The van der Waals surface area contributed by atoms with Crippen LogP contribution < -0.4 is 5.32 Å². The minimum Gasteiger partial charge on any atom is -0.424 e. The fraction of sp³-hybridized carbons (Fsp3) is 0.625. The van der Waals surface area contributed by atoms with Crippen LogP contribution in [0.15, 0.2) is 21.9 Å². The summed E-state index contributed by atoms with van der Waals surface area (Å²) in [5.74, 6) is 1.35. The van der Waals surface area contributed by atoms with E-state index < -0.39 is 0 Å². The highest BCUT2D eigenvalue weighted by Crippen LogP contribution is 2.26. The van der Waals surface area contributed by atoms with Crippen LogP contribution in [0.25, 0.3) is 0 Å². The average Bonchev–Trinajstić information content (AvgIpc) is 3.27. The quantitative estimate of drug-likeness (QED) is 0.838. The van der Waals surface area contributed by atoms with Gasteiger partial charge < -0.3 is 14.5 Å². The molecular formula is C16H24N4O2S. The van der Waals surface area contributed by atoms with Gasteiger partial charge in [0.05, 0.1) is 25.3 Å². The molecule has 0 aromatic carbocycles. The molecule has 7 heteroatoms. The monoisotopic (exact) mass is 336 g/mol. The van der Waals surface area contributed by atoms with Crippen molar-refractivity contribution < 1.29 is 9.15 Å². The van der Waals surface area contributed by atoms with E-state index in [-0.39, 0.29) is 6.04 Å². The molecule has 1 N–H and O–H groups in total. The van der Waals surface area contributed by atoms with Gasteiger partial charge in [-0.15, -0.1) is 21.5 Å². The fourth-order valence-electron chi connectivity index (χ4n) is 2.74. The average molecular weight is 336 g/mol. The van der Waals surface area contributed by atoms with Crippen LogP contribution in [0.4, 0.5) is 0 Å². The van der Waals surface area contributed by atoms with E-state index >= 15 is 0 Å². The van der Waals surface area contributed by atoms with Crippen LogP contribution in [0.5, 0.6) is 0 Å². The summed E-state index contributed by atoms with van der Waals surface area (Å²) < 4.78 is 11.1. The van der Waals surface area contributed by atoms with Crippen LogP contribution in [0, 0.1) is 0 Å². The van der Waals surface area contributed by atoms with Crippen LogP contribution in [0.1, 0.15) is 42.6 Å². The molecule has 0 spiro atoms. The summed E-state index contributed by atoms with van der Waals surface area (Å²) in [7, 11) is 0. The first kappa shape index (κ1) is 16.6. The zero-order valence-electron chi connectivity index (χ0n) is 13.7. The highest BCUT2D eigenvalue weighted by molar-refractivity contribution is 7.10. The second-order valence-electron chi connectivity index (χ2n) is 5.70. The summed E-state index contributed by atoms with van der Waals surface area (Å²) >= 11 is 1.81. The van der Waals surface area contributed by atoms with E-state index in [9.17, 15) is 0 Å². The molecule has 1 aliphatic rings. The van der Waals surface area contributed by atoms with Gasteiger partial charge in [0.1, 0.15) is 0 Å². The van der Waals surface area contributed by atoms with Gasteiger partial charge in [-0.25, -0.2) is 0 Å². The lowest BCUT2D eigenvalue weighted by Gasteiger charge is -2.34. The third kappa shape index (κ3) is 4.17. The van der Waals surface area contributed by atoms with E-state index in [0.717, 1.165) is 39.3 Å². The molecule has 3 rings (SSSR count). The largest absolute Gasteiger partial charge is 0.424 e. The first-order valence-corrected chi connectivity index (χ1v) is 9.06. The SMILES string of the molecule is CCc1nnc([C@@H](C)NC[C@H](c2cccs2)N2CCOCC2)o1. The van der Waals surface area contributed by atoms with Crippen molar-refractivity contribution >= 4 is 11.3 Å². The lowest BCUT2D eigenvalue weighted by molar-refractivity contribution is 0.0163. The Balaban J connectivity index is 1.63. The van der Waals surface area contributed by atoms with E-state index in [1.165, 1.54) is 4.88 Å². The Bertz CT molecular complexity index is 581. The maximum absolute atomic E-state index is 5.65. The summed E-state index contributed by atoms with van der Waals surface area (Å²) in [4.78, 5) is 3.87. The normalized spacial score (nSPS) is 18.9. The molecule has 0 aliphatic carbocycles. The fourth-order valence-corrected chi connectivity index (χ4v) is 3.60. The molecule has 1 fully saturated rings. The number of aromatic nitrogens is 2. The molecule has 0 radical (unpaired) electrons. The van der Waals surface area contributed by atoms with E-state index in [1.54, 1.807) is 11.3 Å². The standard InChI is InChI=1S/C16H24N4O2S/c1-3-15-18-19-16(22-15)12(2)17-11-13(14-5-4-10-23-14)20-6-8-21-9-7-20/h4-5,10,12-13,17H,3,6-9,11H2,1-2H3/t12-,13-/m1/s1. The molecule has 126 valence electrons. The van der Waals surface area contributed by atoms with Crippen molar-refractivity contribution in [1.82, 2.24) is 20.4 Å². The third-order valence-electron chi connectivity index (χ3n) is 4.13. The summed E-state index contributed by atoms with van der Waals surface area (Å²) in [6, 6.07) is 4.72. The molecule has 0 saturated carbocycles. The van der Waals surface area contributed by atoms with Crippen molar-refractivity contribution in [3.63, 3.8) is 0 Å². The van der Waals surface area contributed by atoms with Gasteiger partial charge in [0.2, 0.25) is 11.8 Å². The maximum Gasteiger partial charge on any atom is 0.233 e. The Labute approximate surface area is 140 Å². The van der Waals surface area contributed by atoms with E-state index in [4.69, 9.17) is 9.15 Å². The molecule has 0 amide bonds. The molecule has 6 nitrogen and oxygen atoms in total. The lowest BCUT2D eigenvalue weighted by Crippen LogP contribution is -2.42. The van der Waals surface area contributed by atoms with Crippen LogP contribution >= 0.6 is 11.3 Å². The number of ether oxygens (including phenoxy) is 1. The van der Waals surface area contributed by atoms with Crippen molar-refractivity contribution in [2.75, 3.05) is 32.8 Å². The summed E-state index contributed by atoms with van der Waals surface area (Å²) in [6.45, 7) is 8.49. The van der Waals surface area contributed by atoms with Gasteiger partial charge in [-0.2, -0.15) is 0 Å². The molecule has 1 aliphatic heterocycles. The topological polar surface area (TPSA) is 63.4 Å². The van der Waals surface area contributed by atoms with Crippen LogP contribution in [-0.2, 0) is 11.2 Å². The number of nitrogens with one attached hydrogen (secondary N) is 1. The molecule has 1 saturated heterocycles. The molecular weight excluding hydrogens is 312 g/mol. The van der Waals surface area contributed by atoms with Crippen molar-refractivity contribution in [2.24, 2.45) is 0 Å². The molecule has 23 heavy (non-hydrogen) atoms. The Kier molecular flexibility index (Phi) is 5.77. The summed E-state index contributed by atoms with van der Waals surface area (Å²) in [6.07, 6.45) is 0.769. The van der Waals surface area contributed by atoms with E-state index in [0.29, 0.717) is 17.8 Å². The Morgan fingerprint density at radius 2 is 2.17 bits per heavy atom. The Morgan fingerprint density at radius 1 is 1.35 bits per heavy atom. The third-order valence-corrected chi connectivity index (χ3v) is 5.10. The second kappa shape index (κ2) is 8.01. The number of aryl methyl sites for hydroxylation is 1. The lowest BCUT2D eigenvalue weighted by atomic mass is 10.1. The van der Waals surface area contributed by atoms with E-state index in [2.05, 4.69) is 44.9 Å². The molecule has 2 atom stereocenters. The summed E-state index contributed by atoms with van der Waals surface area (Å²) in [5, 5.41) is 13.9. The number of morpholine rings is 1. The van der Waals surface area contributed by atoms with Gasteiger partial charge in [0.15, 0.2) is 0 Å². The zero-order valence-corrected chi connectivity index (χ0v) is 14.5. The zero-order chi connectivity index (χ0) is 16.1. The van der Waals surface area contributed by atoms with Gasteiger partial charge in [-0.1, -0.05) is 13.0 Å². The van der Waals surface area contributed by atoms with Gasteiger partial charge in [-0.3, -0.25) is 4.90 Å². The van der Waals surface area contributed by atoms with E-state index in [1.807, 2.05) is 6.92 Å². The first-order valence-electron chi connectivity index (χ1n) is 8.18. The highest BCUT2D eigenvalue weighted by Gasteiger charge is 2.24. The van der Waals surface area contributed by atoms with Crippen LogP contribution in [0.3, 0.4) is 0 Å². The predicted octanol–water partition coefficient (Wildman–Crippen LogP) is 2.42. The van der Waals surface area contributed by atoms with Crippen molar-refractivity contribution in [1.29, 1.82) is 0 Å². The molecule has 0 bridgehead atoms. The second-order valence-corrected chi connectivity index (χ2v) is 6.68. The number of hydrogen-bond donors (Lipinski definition) is 1. The minimum atomic E-state index is 0.0475. The Hall–Kier alpha value is -1.28. The van der Waals surface area contributed by atoms with Gasteiger partial charge in [0.25, 0.3) is 0 Å². The van der Waals surface area contributed by atoms with Crippen LogP contribution in [0.2, 0.25) is 0 Å². The van der Waals surface area contributed by atoms with Crippen molar-refractivity contribution in [3.05, 3.63) is 34.2 Å². The molecule has 3 heterocycles. The van der Waals surface area contributed by atoms with Crippen molar-refractivity contribution in [3.8, 4) is 0 Å². The number of thiophene rings is 1. The predicted molar refractivity (Wildman–Crippen MR) is 89.5 cm³/mol. The highest BCUT2D eigenvalue weighted by atomic mass is 32.1. The van der Waals surface area contributed by atoms with Gasteiger partial charge in [-0.05, 0) is 18.4 Å². The van der Waals surface area contributed by atoms with Crippen molar-refractivity contribution in [2.45, 2.75) is 32.4 Å². The minimum absolute atomic E-state index is 0.0475. The number of hydrogen-bond acceptors (Lipinski definition) is 7. The molecule has 2 aromatic rings. The maximum atomic E-state index is 5.65. The van der Waals surface area contributed by atoms with Crippen LogP contribution in [-0.4, -0.2) is 47.9 Å². The smallest absolute Gasteiger partial charge is 0.233 e. The molecule has 0 unspecified atom stereocenters. The van der Waals surface area contributed by atoms with Gasteiger partial charge in [0, 0.05) is 30.9 Å². The number of rotatable bonds is 7. The molecule has 2 aromatic heterocycles. The Morgan fingerprint density at radius 3 is 2.83 bits per heavy atom. The summed E-state index contributed by atoms with van der Waals surface area (Å²) in [5.41, 5.74) is 0. The first-order chi connectivity index (χ1) is 11.3.